The molecule has 154 valence electrons. The molecule has 28 heavy (non-hydrogen) atoms. The Morgan fingerprint density at radius 2 is 1.82 bits per heavy atom. The van der Waals surface area contributed by atoms with Crippen LogP contribution in [0.25, 0.3) is 0 Å². The van der Waals surface area contributed by atoms with Crippen LogP contribution in [0.5, 0.6) is 0 Å². The Hall–Kier alpha value is -2.41. The maximum Gasteiger partial charge on any atom is 0.306 e. The average molecular weight is 390 g/mol. The summed E-state index contributed by atoms with van der Waals surface area (Å²) in [5.74, 6) is -1.38. The highest BCUT2D eigenvalue weighted by Crippen LogP contribution is 2.17. The van der Waals surface area contributed by atoms with Crippen molar-refractivity contribution in [2.75, 3.05) is 39.9 Å². The first-order chi connectivity index (χ1) is 13.5. The van der Waals surface area contributed by atoms with Gasteiger partial charge in [0.15, 0.2) is 0 Å². The molecular formula is C21H30N2O5. The minimum atomic E-state index is -0.801. The van der Waals surface area contributed by atoms with Gasteiger partial charge in [-0.3, -0.25) is 14.4 Å². The van der Waals surface area contributed by atoms with Crippen molar-refractivity contribution in [1.29, 1.82) is 0 Å². The van der Waals surface area contributed by atoms with Gasteiger partial charge in [0.25, 0.3) is 0 Å². The predicted octanol–water partition coefficient (Wildman–Crippen LogP) is 1.81. The van der Waals surface area contributed by atoms with Crippen LogP contribution in [0.15, 0.2) is 30.3 Å². The summed E-state index contributed by atoms with van der Waals surface area (Å²) >= 11 is 0. The molecule has 1 aliphatic rings. The molecule has 2 amide bonds. The van der Waals surface area contributed by atoms with E-state index in [1.165, 1.54) is 10.5 Å². The smallest absolute Gasteiger partial charge is 0.306 e. The number of ether oxygens (including phenoxy) is 1. The summed E-state index contributed by atoms with van der Waals surface area (Å²) in [6.45, 7) is 2.05. The van der Waals surface area contributed by atoms with Crippen LogP contribution in [0.2, 0.25) is 0 Å². The van der Waals surface area contributed by atoms with E-state index >= 15 is 0 Å². The normalized spacial score (nSPS) is 14.7. The Morgan fingerprint density at radius 3 is 2.46 bits per heavy atom. The monoisotopic (exact) mass is 390 g/mol. The largest absolute Gasteiger partial charge is 0.481 e. The molecule has 0 radical (unpaired) electrons. The van der Waals surface area contributed by atoms with Crippen LogP contribution in [0.4, 0.5) is 0 Å². The Balaban J connectivity index is 1.57. The zero-order valence-electron chi connectivity index (χ0n) is 16.5. The molecule has 7 nitrogen and oxygen atoms in total. The molecule has 7 heteroatoms. The first-order valence-corrected chi connectivity index (χ1v) is 9.83. The second-order valence-corrected chi connectivity index (χ2v) is 7.19. The van der Waals surface area contributed by atoms with E-state index in [-0.39, 0.29) is 24.3 Å². The zero-order valence-corrected chi connectivity index (χ0v) is 16.5. The second-order valence-electron chi connectivity index (χ2n) is 7.19. The highest BCUT2D eigenvalue weighted by molar-refractivity contribution is 5.84. The molecule has 1 aromatic carbocycles. The highest BCUT2D eigenvalue weighted by Gasteiger charge is 2.27. The number of carboxylic acids is 1. The minimum absolute atomic E-state index is 0.0332. The summed E-state index contributed by atoms with van der Waals surface area (Å²) in [5.41, 5.74) is 1.23. The van der Waals surface area contributed by atoms with Gasteiger partial charge in [-0.2, -0.15) is 0 Å². The number of carboxylic acid groups (broad SMARTS) is 1. The van der Waals surface area contributed by atoms with Crippen LogP contribution in [0.1, 0.15) is 31.2 Å². The van der Waals surface area contributed by atoms with Gasteiger partial charge in [-0.25, -0.2) is 0 Å². The van der Waals surface area contributed by atoms with Crippen LogP contribution in [0, 0.1) is 5.92 Å². The van der Waals surface area contributed by atoms with Crippen molar-refractivity contribution < 1.29 is 24.2 Å². The Kier molecular flexibility index (Phi) is 8.94. The number of amides is 2. The summed E-state index contributed by atoms with van der Waals surface area (Å²) in [6.07, 6.45) is 2.76. The Labute approximate surface area is 166 Å². The van der Waals surface area contributed by atoms with Gasteiger partial charge in [-0.05, 0) is 31.2 Å². The van der Waals surface area contributed by atoms with Gasteiger partial charge in [-0.1, -0.05) is 30.3 Å². The Bertz CT molecular complexity index is 641. The molecule has 0 unspecified atom stereocenters. The SMILES string of the molecule is CN(CC(=O)N1CCC(C(=O)O)CC1)C(=O)CCCOCCc1ccccc1. The van der Waals surface area contributed by atoms with Crippen molar-refractivity contribution >= 4 is 17.8 Å². The summed E-state index contributed by atoms with van der Waals surface area (Å²) in [4.78, 5) is 38.5. The number of carbonyl (C=O) groups excluding carboxylic acids is 2. The topological polar surface area (TPSA) is 87.2 Å². The molecule has 1 N–H and O–H groups in total. The van der Waals surface area contributed by atoms with E-state index in [9.17, 15) is 14.4 Å². The van der Waals surface area contributed by atoms with Crippen molar-refractivity contribution in [2.45, 2.75) is 32.1 Å². The molecule has 1 heterocycles. The van der Waals surface area contributed by atoms with Crippen molar-refractivity contribution in [3.63, 3.8) is 0 Å². The number of hydrogen-bond donors (Lipinski definition) is 1. The number of likely N-dealkylation sites (tertiary alicyclic amines) is 1. The number of hydrogen-bond acceptors (Lipinski definition) is 4. The van der Waals surface area contributed by atoms with Crippen LogP contribution in [-0.4, -0.2) is 72.6 Å². The lowest BCUT2D eigenvalue weighted by Crippen LogP contribution is -2.45. The van der Waals surface area contributed by atoms with E-state index in [2.05, 4.69) is 12.1 Å². The number of likely N-dealkylation sites (N-methyl/N-ethyl adjacent to an activating group) is 1. The molecule has 1 aromatic rings. The molecule has 2 rings (SSSR count). The first kappa shape index (κ1) is 21.9. The van der Waals surface area contributed by atoms with Gasteiger partial charge >= 0.3 is 5.97 Å². The number of rotatable bonds is 10. The van der Waals surface area contributed by atoms with Gasteiger partial charge in [-0.15, -0.1) is 0 Å². The maximum atomic E-state index is 12.3. The van der Waals surface area contributed by atoms with E-state index < -0.39 is 5.97 Å². The van der Waals surface area contributed by atoms with E-state index in [0.29, 0.717) is 52.0 Å². The minimum Gasteiger partial charge on any atom is -0.481 e. The lowest BCUT2D eigenvalue weighted by atomic mass is 9.97. The number of nitrogens with zero attached hydrogens (tertiary/aromatic N) is 2. The van der Waals surface area contributed by atoms with Gasteiger partial charge in [0, 0.05) is 33.2 Å². The molecule has 1 aliphatic heterocycles. The van der Waals surface area contributed by atoms with Crippen molar-refractivity contribution in [3.8, 4) is 0 Å². The number of piperidine rings is 1. The molecule has 0 spiro atoms. The van der Waals surface area contributed by atoms with Gasteiger partial charge in [0.1, 0.15) is 0 Å². The van der Waals surface area contributed by atoms with Crippen LogP contribution in [0.3, 0.4) is 0 Å². The summed E-state index contributed by atoms with van der Waals surface area (Å²) < 4.78 is 5.58. The van der Waals surface area contributed by atoms with Gasteiger partial charge < -0.3 is 19.6 Å². The summed E-state index contributed by atoms with van der Waals surface area (Å²) in [7, 11) is 1.63. The lowest BCUT2D eigenvalue weighted by molar-refractivity contribution is -0.146. The zero-order chi connectivity index (χ0) is 20.4. The first-order valence-electron chi connectivity index (χ1n) is 9.83. The molecule has 0 saturated carbocycles. The third kappa shape index (κ3) is 7.31. The summed E-state index contributed by atoms with van der Waals surface area (Å²) in [6, 6.07) is 10.1. The standard InChI is InChI=1S/C21H30N2O5/c1-22(16-20(25)23-12-9-18(10-13-23)21(26)27)19(24)8-5-14-28-15-11-17-6-3-2-4-7-17/h2-4,6-7,18H,5,8-16H2,1H3,(H,26,27). The molecule has 1 fully saturated rings. The number of carbonyl (C=O) groups is 3. The molecule has 0 bridgehead atoms. The molecular weight excluding hydrogens is 360 g/mol. The fraction of sp³-hybridized carbons (Fsp3) is 0.571. The van der Waals surface area contributed by atoms with E-state index in [1.807, 2.05) is 18.2 Å². The number of benzene rings is 1. The molecule has 1 saturated heterocycles. The Morgan fingerprint density at radius 1 is 1.14 bits per heavy atom. The average Bonchev–Trinajstić information content (AvgIpc) is 2.71. The van der Waals surface area contributed by atoms with Gasteiger partial charge in [0.2, 0.25) is 11.8 Å². The highest BCUT2D eigenvalue weighted by atomic mass is 16.5. The third-order valence-electron chi connectivity index (χ3n) is 5.05. The predicted molar refractivity (Wildman–Crippen MR) is 105 cm³/mol. The second kappa shape index (κ2) is 11.4. The van der Waals surface area contributed by atoms with Crippen molar-refractivity contribution in [3.05, 3.63) is 35.9 Å². The number of aliphatic carboxylic acids is 1. The third-order valence-corrected chi connectivity index (χ3v) is 5.05. The quantitative estimate of drug-likeness (QED) is 0.616. The molecule has 0 atom stereocenters. The van der Waals surface area contributed by atoms with E-state index in [0.717, 1.165) is 6.42 Å². The van der Waals surface area contributed by atoms with Crippen LogP contribution in [-0.2, 0) is 25.5 Å². The lowest BCUT2D eigenvalue weighted by Gasteiger charge is -2.31. The molecule has 0 aromatic heterocycles. The van der Waals surface area contributed by atoms with Crippen LogP contribution >= 0.6 is 0 Å². The van der Waals surface area contributed by atoms with Crippen molar-refractivity contribution in [2.24, 2.45) is 5.92 Å². The summed E-state index contributed by atoms with van der Waals surface area (Å²) in [5, 5.41) is 9.01. The van der Waals surface area contributed by atoms with E-state index in [1.54, 1.807) is 11.9 Å². The molecule has 0 aliphatic carbocycles. The van der Waals surface area contributed by atoms with Crippen molar-refractivity contribution in [1.82, 2.24) is 9.80 Å². The fourth-order valence-corrected chi connectivity index (χ4v) is 3.22. The van der Waals surface area contributed by atoms with Gasteiger partial charge in [0.05, 0.1) is 19.1 Å². The van der Waals surface area contributed by atoms with E-state index in [4.69, 9.17) is 9.84 Å². The maximum absolute atomic E-state index is 12.3. The van der Waals surface area contributed by atoms with Crippen LogP contribution < -0.4 is 0 Å². The fourth-order valence-electron chi connectivity index (χ4n) is 3.22.